The van der Waals surface area contributed by atoms with E-state index in [1.807, 2.05) is 31.2 Å². The summed E-state index contributed by atoms with van der Waals surface area (Å²) in [6.45, 7) is 2.82. The number of amides is 2. The van der Waals surface area contributed by atoms with Crippen molar-refractivity contribution in [3.8, 4) is 11.1 Å². The molecule has 0 saturated carbocycles. The lowest BCUT2D eigenvalue weighted by Crippen LogP contribution is -2.53. The van der Waals surface area contributed by atoms with Crippen molar-refractivity contribution in [1.82, 2.24) is 10.2 Å². The van der Waals surface area contributed by atoms with Gasteiger partial charge in [-0.3, -0.25) is 9.59 Å². The lowest BCUT2D eigenvalue weighted by Gasteiger charge is -2.33. The molecule has 180 valence electrons. The quantitative estimate of drug-likeness (QED) is 0.588. The number of ether oxygens (including phenoxy) is 1. The first-order valence-electron chi connectivity index (χ1n) is 11.7. The highest BCUT2D eigenvalue weighted by Crippen LogP contribution is 2.44. The van der Waals surface area contributed by atoms with Gasteiger partial charge >= 0.3 is 12.1 Å². The molecule has 1 fully saturated rings. The second kappa shape index (κ2) is 11.0. The largest absolute Gasteiger partial charge is 0.480 e. The summed E-state index contributed by atoms with van der Waals surface area (Å²) in [6.07, 6.45) is 1.51. The minimum absolute atomic E-state index is 0.0570. The SMILES string of the molecule is CCCCC(NC(=O)OCC1c2ccccc2-c2ccccc21)C(=O)N1CCSC(C(=O)O)C1. The number of unbranched alkanes of at least 4 members (excludes halogenated alkanes) is 1. The molecule has 1 aliphatic heterocycles. The average molecular weight is 483 g/mol. The average Bonchev–Trinajstić information content (AvgIpc) is 3.18. The third-order valence-corrected chi connectivity index (χ3v) is 7.61. The van der Waals surface area contributed by atoms with Gasteiger partial charge in [0.1, 0.15) is 17.9 Å². The monoisotopic (exact) mass is 482 g/mol. The molecule has 2 unspecified atom stereocenters. The maximum absolute atomic E-state index is 13.1. The van der Waals surface area contributed by atoms with Crippen LogP contribution in [0.4, 0.5) is 4.79 Å². The highest BCUT2D eigenvalue weighted by Gasteiger charge is 2.34. The Kier molecular flexibility index (Phi) is 7.77. The first-order valence-corrected chi connectivity index (χ1v) is 12.8. The number of aliphatic carboxylic acids is 1. The zero-order valence-electron chi connectivity index (χ0n) is 19.2. The molecule has 2 N–H and O–H groups in total. The van der Waals surface area contributed by atoms with Gasteiger partial charge in [-0.15, -0.1) is 11.8 Å². The standard InChI is InChI=1S/C26H30N2O5S/c1-2-3-12-22(24(29)28-13-14-34-23(15-28)25(30)31)27-26(32)33-16-21-19-10-6-4-8-17(19)18-9-5-7-11-20(18)21/h4-11,21-23H,2-3,12-16H2,1H3,(H,27,32)(H,30,31). The summed E-state index contributed by atoms with van der Waals surface area (Å²) in [5.74, 6) is -0.655. The van der Waals surface area contributed by atoms with Gasteiger partial charge in [0.05, 0.1) is 0 Å². The second-order valence-electron chi connectivity index (χ2n) is 8.65. The summed E-state index contributed by atoms with van der Waals surface area (Å²) >= 11 is 1.34. The van der Waals surface area contributed by atoms with Gasteiger partial charge in [-0.1, -0.05) is 68.3 Å². The minimum Gasteiger partial charge on any atom is -0.480 e. The van der Waals surface area contributed by atoms with Crippen LogP contribution in [-0.2, 0) is 14.3 Å². The summed E-state index contributed by atoms with van der Waals surface area (Å²) in [6, 6.07) is 15.5. The molecule has 1 heterocycles. The molecule has 4 rings (SSSR count). The molecule has 7 nitrogen and oxygen atoms in total. The molecule has 2 amide bonds. The number of hydrogen-bond donors (Lipinski definition) is 2. The number of carbonyl (C=O) groups excluding carboxylic acids is 2. The fourth-order valence-electron chi connectivity index (χ4n) is 4.67. The van der Waals surface area contributed by atoms with Gasteiger partial charge in [0, 0.05) is 24.8 Å². The number of hydrogen-bond acceptors (Lipinski definition) is 5. The van der Waals surface area contributed by atoms with Gasteiger partial charge in [-0.2, -0.15) is 0 Å². The van der Waals surface area contributed by atoms with Crippen molar-refractivity contribution in [2.45, 2.75) is 43.4 Å². The molecule has 2 aromatic rings. The lowest BCUT2D eigenvalue weighted by molar-refractivity contribution is -0.138. The highest BCUT2D eigenvalue weighted by molar-refractivity contribution is 8.00. The number of benzene rings is 2. The number of nitrogens with one attached hydrogen (secondary N) is 1. The van der Waals surface area contributed by atoms with E-state index in [-0.39, 0.29) is 25.0 Å². The number of rotatable bonds is 8. The van der Waals surface area contributed by atoms with E-state index in [0.29, 0.717) is 18.7 Å². The maximum Gasteiger partial charge on any atom is 0.407 e. The van der Waals surface area contributed by atoms with Crippen LogP contribution in [0, 0.1) is 0 Å². The topological polar surface area (TPSA) is 95.9 Å². The van der Waals surface area contributed by atoms with Gasteiger partial charge in [0.15, 0.2) is 0 Å². The van der Waals surface area contributed by atoms with Crippen LogP contribution in [0.5, 0.6) is 0 Å². The number of fused-ring (bicyclic) bond motifs is 3. The molecular formula is C26H30N2O5S. The number of nitrogens with zero attached hydrogens (tertiary/aromatic N) is 1. The molecule has 34 heavy (non-hydrogen) atoms. The van der Waals surface area contributed by atoms with Gasteiger partial charge in [0.2, 0.25) is 5.91 Å². The van der Waals surface area contributed by atoms with Crippen LogP contribution >= 0.6 is 11.8 Å². The van der Waals surface area contributed by atoms with Crippen LogP contribution in [-0.4, -0.2) is 64.7 Å². The van der Waals surface area contributed by atoms with E-state index in [0.717, 1.165) is 35.1 Å². The number of carbonyl (C=O) groups is 3. The summed E-state index contributed by atoms with van der Waals surface area (Å²) in [4.78, 5) is 38.8. The van der Waals surface area contributed by atoms with Crippen molar-refractivity contribution < 1.29 is 24.2 Å². The fraction of sp³-hybridized carbons (Fsp3) is 0.423. The lowest BCUT2D eigenvalue weighted by atomic mass is 9.98. The van der Waals surface area contributed by atoms with E-state index < -0.39 is 23.4 Å². The van der Waals surface area contributed by atoms with Gasteiger partial charge < -0.3 is 20.1 Å². The Balaban J connectivity index is 1.41. The summed E-state index contributed by atoms with van der Waals surface area (Å²) in [5.41, 5.74) is 4.55. The molecule has 8 heteroatoms. The van der Waals surface area contributed by atoms with E-state index in [4.69, 9.17) is 4.74 Å². The normalized spacial score (nSPS) is 18.0. The Labute approximate surface area is 203 Å². The van der Waals surface area contributed by atoms with Gasteiger partial charge in [0.25, 0.3) is 0 Å². The van der Waals surface area contributed by atoms with Crippen molar-refractivity contribution in [1.29, 1.82) is 0 Å². The Bertz CT molecular complexity index is 1010. The summed E-state index contributed by atoms with van der Waals surface area (Å²) in [5, 5.41) is 11.4. The van der Waals surface area contributed by atoms with E-state index in [1.54, 1.807) is 4.90 Å². The minimum atomic E-state index is -0.919. The van der Waals surface area contributed by atoms with Crippen LogP contribution in [0.3, 0.4) is 0 Å². The molecule has 2 aromatic carbocycles. The van der Waals surface area contributed by atoms with Gasteiger partial charge in [-0.05, 0) is 28.7 Å². The second-order valence-corrected chi connectivity index (χ2v) is 9.96. The Hall–Kier alpha value is -3.00. The Morgan fingerprint density at radius 1 is 1.12 bits per heavy atom. The molecule has 0 radical (unpaired) electrons. The van der Waals surface area contributed by atoms with Crippen LogP contribution in [0.1, 0.15) is 43.2 Å². The van der Waals surface area contributed by atoms with Crippen molar-refractivity contribution in [3.63, 3.8) is 0 Å². The molecular weight excluding hydrogens is 452 g/mol. The molecule has 1 aliphatic carbocycles. The Morgan fingerprint density at radius 2 is 1.76 bits per heavy atom. The number of alkyl carbamates (subject to hydrolysis) is 1. The third kappa shape index (κ3) is 5.22. The van der Waals surface area contributed by atoms with Crippen LogP contribution in [0.2, 0.25) is 0 Å². The fourth-order valence-corrected chi connectivity index (χ4v) is 5.71. The molecule has 2 aliphatic rings. The van der Waals surface area contributed by atoms with Crippen LogP contribution < -0.4 is 5.32 Å². The first-order chi connectivity index (χ1) is 16.5. The van der Waals surface area contributed by atoms with Crippen molar-refractivity contribution in [2.75, 3.05) is 25.4 Å². The van der Waals surface area contributed by atoms with Crippen molar-refractivity contribution in [3.05, 3.63) is 59.7 Å². The third-order valence-electron chi connectivity index (χ3n) is 6.43. The smallest absolute Gasteiger partial charge is 0.407 e. The van der Waals surface area contributed by atoms with Crippen LogP contribution in [0.25, 0.3) is 11.1 Å². The zero-order valence-corrected chi connectivity index (χ0v) is 20.1. The predicted octanol–water partition coefficient (Wildman–Crippen LogP) is 4.11. The highest BCUT2D eigenvalue weighted by atomic mass is 32.2. The zero-order chi connectivity index (χ0) is 24.1. The maximum atomic E-state index is 13.1. The number of carboxylic acid groups (broad SMARTS) is 1. The number of carboxylic acids is 1. The first kappa shape index (κ1) is 24.1. The summed E-state index contributed by atoms with van der Waals surface area (Å²) in [7, 11) is 0. The van der Waals surface area contributed by atoms with E-state index in [2.05, 4.69) is 29.6 Å². The van der Waals surface area contributed by atoms with E-state index >= 15 is 0 Å². The predicted molar refractivity (Wildman–Crippen MR) is 132 cm³/mol. The molecule has 1 saturated heterocycles. The van der Waals surface area contributed by atoms with E-state index in [9.17, 15) is 19.5 Å². The molecule has 0 bridgehead atoms. The molecule has 0 spiro atoms. The van der Waals surface area contributed by atoms with Crippen molar-refractivity contribution in [2.24, 2.45) is 0 Å². The van der Waals surface area contributed by atoms with Crippen LogP contribution in [0.15, 0.2) is 48.5 Å². The Morgan fingerprint density at radius 3 is 2.38 bits per heavy atom. The molecule has 2 atom stereocenters. The van der Waals surface area contributed by atoms with E-state index in [1.165, 1.54) is 11.8 Å². The van der Waals surface area contributed by atoms with Crippen molar-refractivity contribution >= 4 is 29.7 Å². The summed E-state index contributed by atoms with van der Waals surface area (Å²) < 4.78 is 5.63. The van der Waals surface area contributed by atoms with Gasteiger partial charge in [-0.25, -0.2) is 4.79 Å². The molecule has 0 aromatic heterocycles. The number of thioether (sulfide) groups is 1.